The summed E-state index contributed by atoms with van der Waals surface area (Å²) in [5.74, 6) is -0.819. The zero-order valence-corrected chi connectivity index (χ0v) is 16.2. The first kappa shape index (κ1) is 19.5. The normalized spacial score (nSPS) is 19.4. The Morgan fingerprint density at radius 1 is 1.19 bits per heavy atom. The number of thioether (sulfide) groups is 1. The zero-order valence-electron chi connectivity index (χ0n) is 15.4. The van der Waals surface area contributed by atoms with E-state index in [0.717, 1.165) is 22.6 Å². The van der Waals surface area contributed by atoms with E-state index in [1.54, 1.807) is 0 Å². The van der Waals surface area contributed by atoms with Gasteiger partial charge in [-0.2, -0.15) is 0 Å². The summed E-state index contributed by atoms with van der Waals surface area (Å²) in [6, 6.07) is 15.6. The lowest BCUT2D eigenvalue weighted by molar-refractivity contribution is -0.152. The number of aliphatic hydroxyl groups is 1. The number of aryl methyl sites for hydroxylation is 1. The van der Waals surface area contributed by atoms with E-state index >= 15 is 0 Å². The molecule has 0 fully saturated rings. The molecule has 3 rings (SSSR count). The Morgan fingerprint density at radius 2 is 1.89 bits per heavy atom. The third-order valence-electron chi connectivity index (χ3n) is 4.53. The van der Waals surface area contributed by atoms with Crippen LogP contribution in [0.3, 0.4) is 0 Å². The van der Waals surface area contributed by atoms with Gasteiger partial charge in [0.25, 0.3) is 5.91 Å². The predicted octanol–water partition coefficient (Wildman–Crippen LogP) is 3.35. The number of β-amino-alcohol motifs (C(OH)–C–C–N with tert-alkyl or cyclic N) is 1. The molecular formula is C21H23NO4S. The highest BCUT2D eigenvalue weighted by molar-refractivity contribution is 7.99. The first-order valence-electron chi connectivity index (χ1n) is 8.99. The molecule has 2 atom stereocenters. The number of hydrogen-bond acceptors (Lipinski definition) is 5. The molecule has 6 heteroatoms. The number of benzene rings is 2. The summed E-state index contributed by atoms with van der Waals surface area (Å²) in [5, 5.41) is 9.09. The average Bonchev–Trinajstić information content (AvgIpc) is 2.78. The fraction of sp³-hybridized carbons (Fsp3) is 0.333. The molecule has 1 amide bonds. The standard InChI is InChI=1S/C21H23NO4S/c1-3-15-8-10-16(11-9-15)20-19(26-14(2)24)21(25)22(12-13-23)17-6-4-5-7-18(17)27-20/h4-11,19-20,23H,3,12-13H2,1-2H3. The number of anilines is 1. The first-order valence-corrected chi connectivity index (χ1v) is 9.87. The fourth-order valence-electron chi connectivity index (χ4n) is 3.19. The molecule has 0 aromatic heterocycles. The lowest BCUT2D eigenvalue weighted by Crippen LogP contribution is -2.43. The number of fused-ring (bicyclic) bond motifs is 1. The number of rotatable bonds is 5. The van der Waals surface area contributed by atoms with Gasteiger partial charge in [-0.25, -0.2) is 0 Å². The van der Waals surface area contributed by atoms with Gasteiger partial charge in [0, 0.05) is 18.4 Å². The van der Waals surface area contributed by atoms with Crippen LogP contribution in [-0.2, 0) is 20.7 Å². The van der Waals surface area contributed by atoms with Gasteiger partial charge in [0.05, 0.1) is 17.5 Å². The Kier molecular flexibility index (Phi) is 6.19. The number of aliphatic hydroxyl groups excluding tert-OH is 1. The number of nitrogens with zero attached hydrogens (tertiary/aromatic N) is 1. The van der Waals surface area contributed by atoms with E-state index in [4.69, 9.17) is 4.74 Å². The second-order valence-corrected chi connectivity index (χ2v) is 7.53. The maximum Gasteiger partial charge on any atom is 0.303 e. The highest BCUT2D eigenvalue weighted by Crippen LogP contribution is 2.46. The van der Waals surface area contributed by atoms with E-state index < -0.39 is 12.1 Å². The highest BCUT2D eigenvalue weighted by atomic mass is 32.2. The molecule has 1 aliphatic rings. The van der Waals surface area contributed by atoms with Crippen molar-refractivity contribution in [1.29, 1.82) is 0 Å². The molecule has 0 spiro atoms. The molecular weight excluding hydrogens is 362 g/mol. The van der Waals surface area contributed by atoms with Crippen molar-refractivity contribution in [1.82, 2.24) is 0 Å². The van der Waals surface area contributed by atoms with Crippen LogP contribution in [0.4, 0.5) is 5.69 Å². The Balaban J connectivity index is 2.09. The number of carbonyl (C=O) groups excluding carboxylic acids is 2. The van der Waals surface area contributed by atoms with Crippen LogP contribution in [0.15, 0.2) is 53.4 Å². The third-order valence-corrected chi connectivity index (χ3v) is 5.90. The lowest BCUT2D eigenvalue weighted by Gasteiger charge is -2.27. The van der Waals surface area contributed by atoms with Crippen LogP contribution in [0.1, 0.15) is 30.2 Å². The van der Waals surface area contributed by atoms with Crippen molar-refractivity contribution in [3.63, 3.8) is 0 Å². The van der Waals surface area contributed by atoms with Crippen LogP contribution in [0.25, 0.3) is 0 Å². The van der Waals surface area contributed by atoms with Crippen LogP contribution in [-0.4, -0.2) is 36.2 Å². The molecule has 1 heterocycles. The van der Waals surface area contributed by atoms with E-state index in [-0.39, 0.29) is 24.3 Å². The molecule has 0 bridgehead atoms. The van der Waals surface area contributed by atoms with E-state index in [9.17, 15) is 14.7 Å². The summed E-state index contributed by atoms with van der Waals surface area (Å²) >= 11 is 1.51. The van der Waals surface area contributed by atoms with Crippen molar-refractivity contribution >= 4 is 29.3 Å². The smallest absolute Gasteiger partial charge is 0.303 e. The maximum atomic E-state index is 13.3. The zero-order chi connectivity index (χ0) is 19.4. The third kappa shape index (κ3) is 4.17. The number of para-hydroxylation sites is 1. The Bertz CT molecular complexity index is 821. The van der Waals surface area contributed by atoms with Crippen LogP contribution in [0.5, 0.6) is 0 Å². The number of ether oxygens (including phenoxy) is 1. The molecule has 1 aliphatic heterocycles. The Hall–Kier alpha value is -2.31. The second kappa shape index (κ2) is 8.59. The van der Waals surface area contributed by atoms with Gasteiger partial charge in [-0.3, -0.25) is 9.59 Å². The molecule has 0 saturated carbocycles. The summed E-state index contributed by atoms with van der Waals surface area (Å²) < 4.78 is 5.48. The molecule has 0 radical (unpaired) electrons. The topological polar surface area (TPSA) is 66.8 Å². The molecule has 0 aliphatic carbocycles. The quantitative estimate of drug-likeness (QED) is 0.800. The monoisotopic (exact) mass is 385 g/mol. The van der Waals surface area contributed by atoms with Gasteiger partial charge in [0.1, 0.15) is 0 Å². The Labute approximate surface area is 163 Å². The molecule has 2 aromatic carbocycles. The van der Waals surface area contributed by atoms with Gasteiger partial charge in [-0.15, -0.1) is 11.8 Å². The van der Waals surface area contributed by atoms with Gasteiger partial charge in [-0.05, 0) is 29.7 Å². The predicted molar refractivity (Wildman–Crippen MR) is 106 cm³/mol. The summed E-state index contributed by atoms with van der Waals surface area (Å²) in [5.41, 5.74) is 2.86. The second-order valence-electron chi connectivity index (χ2n) is 6.34. The molecule has 5 nitrogen and oxygen atoms in total. The molecule has 142 valence electrons. The van der Waals surface area contributed by atoms with E-state index in [1.165, 1.54) is 29.1 Å². The Morgan fingerprint density at radius 3 is 2.52 bits per heavy atom. The minimum Gasteiger partial charge on any atom is -0.451 e. The van der Waals surface area contributed by atoms with E-state index in [0.29, 0.717) is 0 Å². The molecule has 0 saturated heterocycles. The average molecular weight is 385 g/mol. The van der Waals surface area contributed by atoms with Crippen LogP contribution in [0.2, 0.25) is 0 Å². The summed E-state index contributed by atoms with van der Waals surface area (Å²) in [4.78, 5) is 27.4. The van der Waals surface area contributed by atoms with Crippen molar-refractivity contribution in [3.8, 4) is 0 Å². The number of esters is 1. The van der Waals surface area contributed by atoms with Gasteiger partial charge in [0.2, 0.25) is 0 Å². The first-order chi connectivity index (χ1) is 13.0. The fourth-order valence-corrected chi connectivity index (χ4v) is 4.51. The maximum absolute atomic E-state index is 13.3. The summed E-state index contributed by atoms with van der Waals surface area (Å²) in [7, 11) is 0. The van der Waals surface area contributed by atoms with Gasteiger partial charge < -0.3 is 14.7 Å². The molecule has 2 unspecified atom stereocenters. The SMILES string of the molecule is CCc1ccc(C2Sc3ccccc3N(CCO)C(=O)C2OC(C)=O)cc1. The van der Waals surface area contributed by atoms with E-state index in [1.807, 2.05) is 48.5 Å². The summed E-state index contributed by atoms with van der Waals surface area (Å²) in [6.45, 7) is 3.37. The van der Waals surface area contributed by atoms with Crippen LogP contribution in [0, 0.1) is 0 Å². The molecule has 27 heavy (non-hydrogen) atoms. The van der Waals surface area contributed by atoms with Crippen LogP contribution >= 0.6 is 11.8 Å². The van der Waals surface area contributed by atoms with Crippen LogP contribution < -0.4 is 4.90 Å². The van der Waals surface area contributed by atoms with Gasteiger partial charge in [0.15, 0.2) is 6.10 Å². The number of hydrogen-bond donors (Lipinski definition) is 1. The number of amides is 1. The summed E-state index contributed by atoms with van der Waals surface area (Å²) in [6.07, 6.45) is -0.0312. The minimum atomic E-state index is -0.959. The number of carbonyl (C=O) groups is 2. The van der Waals surface area contributed by atoms with E-state index in [2.05, 4.69) is 6.92 Å². The van der Waals surface area contributed by atoms with Crippen molar-refractivity contribution < 1.29 is 19.4 Å². The largest absolute Gasteiger partial charge is 0.451 e. The van der Waals surface area contributed by atoms with Gasteiger partial charge in [-0.1, -0.05) is 43.3 Å². The minimum absolute atomic E-state index is 0.148. The van der Waals surface area contributed by atoms with Crippen molar-refractivity contribution in [2.24, 2.45) is 0 Å². The highest BCUT2D eigenvalue weighted by Gasteiger charge is 2.40. The van der Waals surface area contributed by atoms with Crippen molar-refractivity contribution in [2.45, 2.75) is 36.5 Å². The van der Waals surface area contributed by atoms with Gasteiger partial charge >= 0.3 is 5.97 Å². The van der Waals surface area contributed by atoms with Crippen molar-refractivity contribution in [2.75, 3.05) is 18.1 Å². The molecule has 1 N–H and O–H groups in total. The lowest BCUT2D eigenvalue weighted by atomic mass is 10.0. The molecule has 2 aromatic rings. The van der Waals surface area contributed by atoms with Crippen molar-refractivity contribution in [3.05, 3.63) is 59.7 Å².